The number of carbonyl (C=O) groups is 1. The number of amides is 1. The Morgan fingerprint density at radius 1 is 1.56 bits per heavy atom. The number of pyridine rings is 1. The summed E-state index contributed by atoms with van der Waals surface area (Å²) in [7, 11) is 1.74. The minimum Gasteiger partial charge on any atom is -0.370 e. The molecular formula is C14H20N2O2. The zero-order valence-electron chi connectivity index (χ0n) is 11.2. The SMILES string of the molecule is Cn1cc2c(cc1=O)CC(C)(C)C[C@@H]2CC(N)=O. The second-order valence-corrected chi connectivity index (χ2v) is 6.12. The lowest BCUT2D eigenvalue weighted by Crippen LogP contribution is -2.31. The largest absolute Gasteiger partial charge is 0.370 e. The zero-order chi connectivity index (χ0) is 13.5. The molecule has 0 spiro atoms. The molecule has 18 heavy (non-hydrogen) atoms. The van der Waals surface area contributed by atoms with Crippen LogP contribution in [0.15, 0.2) is 17.1 Å². The molecule has 1 aromatic rings. The number of nitrogens with two attached hydrogens (primary N) is 1. The average molecular weight is 248 g/mol. The van der Waals surface area contributed by atoms with Gasteiger partial charge in [0, 0.05) is 25.7 Å². The van der Waals surface area contributed by atoms with E-state index in [2.05, 4.69) is 13.8 Å². The Bertz CT molecular complexity index is 543. The molecule has 1 aliphatic carbocycles. The van der Waals surface area contributed by atoms with Crippen molar-refractivity contribution in [2.45, 2.75) is 39.0 Å². The van der Waals surface area contributed by atoms with E-state index in [0.717, 1.165) is 24.0 Å². The van der Waals surface area contributed by atoms with Gasteiger partial charge in [-0.1, -0.05) is 13.8 Å². The Labute approximate surface area is 107 Å². The summed E-state index contributed by atoms with van der Waals surface area (Å²) >= 11 is 0. The van der Waals surface area contributed by atoms with Gasteiger partial charge in [-0.15, -0.1) is 0 Å². The van der Waals surface area contributed by atoms with E-state index in [4.69, 9.17) is 5.73 Å². The third-order valence-corrected chi connectivity index (χ3v) is 3.70. The number of primary amides is 1. The predicted molar refractivity (Wildman–Crippen MR) is 70.3 cm³/mol. The second kappa shape index (κ2) is 4.26. The van der Waals surface area contributed by atoms with E-state index in [1.54, 1.807) is 17.7 Å². The van der Waals surface area contributed by atoms with Gasteiger partial charge in [-0.3, -0.25) is 9.59 Å². The average Bonchev–Trinajstić information content (AvgIpc) is 2.19. The van der Waals surface area contributed by atoms with Crippen LogP contribution in [0.25, 0.3) is 0 Å². The summed E-state index contributed by atoms with van der Waals surface area (Å²) in [5, 5.41) is 0. The lowest BCUT2D eigenvalue weighted by molar-refractivity contribution is -0.118. The molecule has 1 aliphatic rings. The summed E-state index contributed by atoms with van der Waals surface area (Å²) in [6.45, 7) is 4.34. The van der Waals surface area contributed by atoms with Gasteiger partial charge in [0.25, 0.3) is 5.56 Å². The first kappa shape index (κ1) is 12.9. The number of hydrogen-bond acceptors (Lipinski definition) is 2. The molecule has 1 heterocycles. The van der Waals surface area contributed by atoms with Crippen LogP contribution in [0.3, 0.4) is 0 Å². The van der Waals surface area contributed by atoms with E-state index < -0.39 is 0 Å². The van der Waals surface area contributed by atoms with Crippen molar-refractivity contribution in [3.8, 4) is 0 Å². The number of fused-ring (bicyclic) bond motifs is 1. The lowest BCUT2D eigenvalue weighted by Gasteiger charge is -2.36. The van der Waals surface area contributed by atoms with Gasteiger partial charge in [-0.05, 0) is 35.3 Å². The second-order valence-electron chi connectivity index (χ2n) is 6.12. The molecule has 4 nitrogen and oxygen atoms in total. The van der Waals surface area contributed by atoms with Crippen LogP contribution >= 0.6 is 0 Å². The van der Waals surface area contributed by atoms with E-state index in [9.17, 15) is 9.59 Å². The van der Waals surface area contributed by atoms with Gasteiger partial charge in [0.15, 0.2) is 0 Å². The minimum absolute atomic E-state index is 0.00396. The molecular weight excluding hydrogens is 228 g/mol. The van der Waals surface area contributed by atoms with Crippen LogP contribution in [-0.2, 0) is 18.3 Å². The first-order valence-electron chi connectivity index (χ1n) is 6.26. The minimum atomic E-state index is -0.280. The molecule has 2 N–H and O–H groups in total. The van der Waals surface area contributed by atoms with Crippen LogP contribution in [-0.4, -0.2) is 10.5 Å². The van der Waals surface area contributed by atoms with Crippen molar-refractivity contribution in [3.63, 3.8) is 0 Å². The number of aryl methyl sites for hydroxylation is 1. The van der Waals surface area contributed by atoms with E-state index in [0.29, 0.717) is 6.42 Å². The Kier molecular flexibility index (Phi) is 3.05. The molecule has 0 saturated heterocycles. The van der Waals surface area contributed by atoms with Crippen LogP contribution in [0.1, 0.15) is 43.7 Å². The van der Waals surface area contributed by atoms with Crippen molar-refractivity contribution >= 4 is 5.91 Å². The highest BCUT2D eigenvalue weighted by atomic mass is 16.1. The van der Waals surface area contributed by atoms with Crippen LogP contribution in [0.2, 0.25) is 0 Å². The monoisotopic (exact) mass is 248 g/mol. The maximum atomic E-state index is 11.7. The number of carbonyl (C=O) groups excluding carboxylic acids is 1. The molecule has 1 aromatic heterocycles. The zero-order valence-corrected chi connectivity index (χ0v) is 11.2. The van der Waals surface area contributed by atoms with E-state index in [1.165, 1.54) is 0 Å². The molecule has 1 atom stereocenters. The molecule has 0 radical (unpaired) electrons. The summed E-state index contributed by atoms with van der Waals surface area (Å²) in [4.78, 5) is 22.9. The molecule has 98 valence electrons. The number of rotatable bonds is 2. The predicted octanol–water partition coefficient (Wildman–Crippen LogP) is 1.32. The van der Waals surface area contributed by atoms with Gasteiger partial charge in [0.1, 0.15) is 0 Å². The van der Waals surface area contributed by atoms with E-state index in [1.807, 2.05) is 6.20 Å². The smallest absolute Gasteiger partial charge is 0.250 e. The van der Waals surface area contributed by atoms with Crippen molar-refractivity contribution < 1.29 is 4.79 Å². The van der Waals surface area contributed by atoms with Gasteiger partial charge in [0.2, 0.25) is 5.91 Å². The van der Waals surface area contributed by atoms with Crippen LogP contribution < -0.4 is 11.3 Å². The number of nitrogens with zero attached hydrogens (tertiary/aromatic N) is 1. The topological polar surface area (TPSA) is 65.1 Å². The fourth-order valence-corrected chi connectivity index (χ4v) is 3.00. The lowest BCUT2D eigenvalue weighted by atomic mass is 9.69. The maximum Gasteiger partial charge on any atom is 0.250 e. The van der Waals surface area contributed by atoms with Gasteiger partial charge in [-0.2, -0.15) is 0 Å². The first-order valence-corrected chi connectivity index (χ1v) is 6.26. The number of hydrogen-bond donors (Lipinski definition) is 1. The number of aromatic nitrogens is 1. The molecule has 0 unspecified atom stereocenters. The van der Waals surface area contributed by atoms with Gasteiger partial charge in [0.05, 0.1) is 0 Å². The highest BCUT2D eigenvalue weighted by molar-refractivity contribution is 5.75. The third kappa shape index (κ3) is 2.47. The van der Waals surface area contributed by atoms with Crippen molar-refractivity contribution in [2.75, 3.05) is 0 Å². The van der Waals surface area contributed by atoms with Crippen LogP contribution in [0, 0.1) is 5.41 Å². The standard InChI is InChI=1S/C14H20N2O2/c1-14(2)6-9(4-12(15)17)11-8-16(3)13(18)5-10(11)7-14/h5,8-9H,4,6-7H2,1-3H3,(H2,15,17)/t9-/m0/s1. The first-order chi connectivity index (χ1) is 8.28. The van der Waals surface area contributed by atoms with E-state index >= 15 is 0 Å². The Morgan fingerprint density at radius 3 is 2.83 bits per heavy atom. The van der Waals surface area contributed by atoms with Crippen molar-refractivity contribution in [2.24, 2.45) is 18.2 Å². The summed E-state index contributed by atoms with van der Waals surface area (Å²) < 4.78 is 1.57. The quantitative estimate of drug-likeness (QED) is 0.857. The normalized spacial score (nSPS) is 21.4. The molecule has 0 aliphatic heterocycles. The van der Waals surface area contributed by atoms with Crippen LogP contribution in [0.5, 0.6) is 0 Å². The summed E-state index contributed by atoms with van der Waals surface area (Å²) in [6, 6.07) is 1.70. The van der Waals surface area contributed by atoms with Gasteiger partial charge >= 0.3 is 0 Å². The van der Waals surface area contributed by atoms with Crippen molar-refractivity contribution in [1.29, 1.82) is 0 Å². The molecule has 0 saturated carbocycles. The van der Waals surface area contributed by atoms with Crippen molar-refractivity contribution in [3.05, 3.63) is 33.7 Å². The third-order valence-electron chi connectivity index (χ3n) is 3.70. The van der Waals surface area contributed by atoms with Gasteiger partial charge < -0.3 is 10.3 Å². The fraction of sp³-hybridized carbons (Fsp3) is 0.571. The molecule has 1 amide bonds. The maximum absolute atomic E-state index is 11.7. The Hall–Kier alpha value is -1.58. The molecule has 0 bridgehead atoms. The molecule has 4 heteroatoms. The molecule has 2 rings (SSSR count). The summed E-state index contributed by atoms with van der Waals surface area (Å²) in [5.74, 6) is -0.148. The fourth-order valence-electron chi connectivity index (χ4n) is 3.00. The van der Waals surface area contributed by atoms with Crippen molar-refractivity contribution in [1.82, 2.24) is 4.57 Å². The molecule has 0 aromatic carbocycles. The van der Waals surface area contributed by atoms with Gasteiger partial charge in [-0.25, -0.2) is 0 Å². The van der Waals surface area contributed by atoms with E-state index in [-0.39, 0.29) is 22.8 Å². The van der Waals surface area contributed by atoms with Crippen LogP contribution in [0.4, 0.5) is 0 Å². The Morgan fingerprint density at radius 2 is 2.22 bits per heavy atom. The highest BCUT2D eigenvalue weighted by Gasteiger charge is 2.33. The highest BCUT2D eigenvalue weighted by Crippen LogP contribution is 2.42. The Balaban J connectivity index is 2.50. The summed E-state index contributed by atoms with van der Waals surface area (Å²) in [5.41, 5.74) is 7.62. The molecule has 0 fully saturated rings. The summed E-state index contributed by atoms with van der Waals surface area (Å²) in [6.07, 6.45) is 4.03.